The molecule has 26 heavy (non-hydrogen) atoms. The van der Waals surface area contributed by atoms with Crippen molar-refractivity contribution in [3.63, 3.8) is 0 Å². The Balaban J connectivity index is 1.65. The lowest BCUT2D eigenvalue weighted by Gasteiger charge is -2.32. The molecule has 1 aliphatic heterocycles. The number of nitrogens with one attached hydrogen (secondary N) is 1. The number of nitrogens with zero attached hydrogens (tertiary/aromatic N) is 1. The molecule has 1 aromatic rings. The second-order valence-electron chi connectivity index (χ2n) is 6.95. The Hall–Kier alpha value is -1.60. The Kier molecular flexibility index (Phi) is 7.90. The van der Waals surface area contributed by atoms with E-state index in [9.17, 15) is 13.2 Å². The highest BCUT2D eigenvalue weighted by molar-refractivity contribution is 7.90. The van der Waals surface area contributed by atoms with Gasteiger partial charge in [0.05, 0.1) is 11.5 Å². The topological polar surface area (TPSA) is 75.7 Å². The van der Waals surface area contributed by atoms with Gasteiger partial charge in [-0.25, -0.2) is 8.42 Å². The Labute approximate surface area is 156 Å². The summed E-state index contributed by atoms with van der Waals surface area (Å²) < 4.78 is 28.5. The molecule has 1 N–H and O–H groups in total. The van der Waals surface area contributed by atoms with Gasteiger partial charge in [0.25, 0.3) is 0 Å². The minimum Gasteiger partial charge on any atom is -0.494 e. The quantitative estimate of drug-likeness (QED) is 0.662. The van der Waals surface area contributed by atoms with E-state index in [1.165, 1.54) is 12.7 Å². The molecule has 7 heteroatoms. The van der Waals surface area contributed by atoms with Gasteiger partial charge in [-0.05, 0) is 69.5 Å². The first-order valence-electron chi connectivity index (χ1n) is 9.25. The van der Waals surface area contributed by atoms with Crippen molar-refractivity contribution in [1.29, 1.82) is 0 Å². The average molecular weight is 383 g/mol. The largest absolute Gasteiger partial charge is 0.494 e. The van der Waals surface area contributed by atoms with Crippen LogP contribution in [0.4, 0.5) is 0 Å². The summed E-state index contributed by atoms with van der Waals surface area (Å²) in [4.78, 5) is 14.6. The number of likely N-dealkylation sites (tertiary alicyclic amines) is 1. The van der Waals surface area contributed by atoms with Crippen LogP contribution in [-0.4, -0.2) is 58.8 Å². The van der Waals surface area contributed by atoms with Crippen molar-refractivity contribution in [2.75, 3.05) is 39.5 Å². The van der Waals surface area contributed by atoms with Gasteiger partial charge in [-0.1, -0.05) is 0 Å². The monoisotopic (exact) mass is 382 g/mol. The van der Waals surface area contributed by atoms with Crippen molar-refractivity contribution >= 4 is 15.7 Å². The molecule has 2 rings (SSSR count). The number of hydrogen-bond donors (Lipinski definition) is 1. The van der Waals surface area contributed by atoms with Gasteiger partial charge >= 0.3 is 0 Å². The molecule has 0 spiro atoms. The zero-order chi connectivity index (χ0) is 19.0. The summed E-state index contributed by atoms with van der Waals surface area (Å²) in [6, 6.07) is 6.42. The number of sulfone groups is 1. The van der Waals surface area contributed by atoms with E-state index < -0.39 is 9.84 Å². The Morgan fingerprint density at radius 1 is 1.27 bits per heavy atom. The van der Waals surface area contributed by atoms with Gasteiger partial charge in [0.1, 0.15) is 5.75 Å². The molecule has 0 bridgehead atoms. The van der Waals surface area contributed by atoms with Crippen molar-refractivity contribution < 1.29 is 17.9 Å². The van der Waals surface area contributed by atoms with Gasteiger partial charge in [0.2, 0.25) is 5.91 Å². The lowest BCUT2D eigenvalue weighted by atomic mass is 9.97. The Morgan fingerprint density at radius 3 is 2.65 bits per heavy atom. The summed E-state index contributed by atoms with van der Waals surface area (Å²) in [7, 11) is -1.22. The first-order valence-corrected chi connectivity index (χ1v) is 11.1. The van der Waals surface area contributed by atoms with E-state index in [4.69, 9.17) is 4.74 Å². The van der Waals surface area contributed by atoms with Crippen LogP contribution in [0.3, 0.4) is 0 Å². The molecule has 0 radical (unpaired) electrons. The minimum atomic E-state index is -3.18. The van der Waals surface area contributed by atoms with E-state index in [-0.39, 0.29) is 10.8 Å². The van der Waals surface area contributed by atoms with Crippen LogP contribution in [0.5, 0.6) is 5.75 Å². The fourth-order valence-corrected chi connectivity index (χ4v) is 3.89. The third-order valence-corrected chi connectivity index (χ3v) is 5.80. The number of carbonyl (C=O) groups is 1. The van der Waals surface area contributed by atoms with Gasteiger partial charge in [-0.3, -0.25) is 4.79 Å². The Morgan fingerprint density at radius 2 is 2.00 bits per heavy atom. The molecule has 0 aromatic heterocycles. The van der Waals surface area contributed by atoms with Crippen LogP contribution in [0.25, 0.3) is 0 Å². The van der Waals surface area contributed by atoms with Crippen LogP contribution in [0.2, 0.25) is 0 Å². The van der Waals surface area contributed by atoms with E-state index in [2.05, 4.69) is 5.32 Å². The first kappa shape index (κ1) is 20.7. The highest BCUT2D eigenvalue weighted by Gasteiger charge is 2.22. The summed E-state index contributed by atoms with van der Waals surface area (Å²) in [5, 5.41) is 3.20. The van der Waals surface area contributed by atoms with E-state index in [1.807, 2.05) is 11.9 Å². The SMILES string of the molecule is CNCC1CCCN(C(=O)CCCCOc2ccc(S(C)(=O)=O)cc2)C1. The van der Waals surface area contributed by atoms with Crippen LogP contribution < -0.4 is 10.1 Å². The van der Waals surface area contributed by atoms with Gasteiger partial charge in [0.15, 0.2) is 9.84 Å². The van der Waals surface area contributed by atoms with Gasteiger partial charge in [0, 0.05) is 25.8 Å². The second-order valence-corrected chi connectivity index (χ2v) is 8.97. The summed E-state index contributed by atoms with van der Waals surface area (Å²) >= 11 is 0. The fourth-order valence-electron chi connectivity index (χ4n) is 3.26. The van der Waals surface area contributed by atoms with Crippen molar-refractivity contribution in [1.82, 2.24) is 10.2 Å². The van der Waals surface area contributed by atoms with Gasteiger partial charge in [-0.2, -0.15) is 0 Å². The highest BCUT2D eigenvalue weighted by atomic mass is 32.2. The maximum absolute atomic E-state index is 12.3. The van der Waals surface area contributed by atoms with E-state index in [1.54, 1.807) is 24.3 Å². The van der Waals surface area contributed by atoms with E-state index >= 15 is 0 Å². The van der Waals surface area contributed by atoms with Crippen LogP contribution in [0.1, 0.15) is 32.1 Å². The molecular formula is C19H30N2O4S. The lowest BCUT2D eigenvalue weighted by molar-refractivity contribution is -0.133. The average Bonchev–Trinajstić information content (AvgIpc) is 2.61. The van der Waals surface area contributed by atoms with E-state index in [0.717, 1.165) is 38.9 Å². The molecule has 1 unspecified atom stereocenters. The van der Waals surface area contributed by atoms with Crippen molar-refractivity contribution in [3.8, 4) is 5.75 Å². The predicted molar refractivity (Wildman–Crippen MR) is 102 cm³/mol. The van der Waals surface area contributed by atoms with Crippen LogP contribution in [0.15, 0.2) is 29.2 Å². The number of hydrogen-bond acceptors (Lipinski definition) is 5. The number of carbonyl (C=O) groups excluding carboxylic acids is 1. The Bertz CT molecular complexity index is 671. The molecule has 1 saturated heterocycles. The number of benzene rings is 1. The summed E-state index contributed by atoms with van der Waals surface area (Å²) in [5.74, 6) is 1.45. The van der Waals surface area contributed by atoms with Gasteiger partial charge in [-0.15, -0.1) is 0 Å². The normalized spacial score (nSPS) is 17.9. The maximum atomic E-state index is 12.3. The van der Waals surface area contributed by atoms with Crippen LogP contribution in [-0.2, 0) is 14.6 Å². The molecule has 146 valence electrons. The van der Waals surface area contributed by atoms with Crippen molar-refractivity contribution in [2.45, 2.75) is 37.0 Å². The minimum absolute atomic E-state index is 0.239. The standard InChI is InChI=1S/C19H30N2O4S/c1-20-14-16-6-5-12-21(15-16)19(22)7-3-4-13-25-17-8-10-18(11-9-17)26(2,23)24/h8-11,16,20H,3-7,12-15H2,1-2H3. The lowest BCUT2D eigenvalue weighted by Crippen LogP contribution is -2.42. The molecule has 1 fully saturated rings. The molecule has 1 heterocycles. The number of ether oxygens (including phenoxy) is 1. The van der Waals surface area contributed by atoms with Crippen molar-refractivity contribution in [3.05, 3.63) is 24.3 Å². The fraction of sp³-hybridized carbons (Fsp3) is 0.632. The predicted octanol–water partition coefficient (Wildman–Crippen LogP) is 2.10. The second kappa shape index (κ2) is 9.92. The van der Waals surface area contributed by atoms with Gasteiger partial charge < -0.3 is 15.0 Å². The summed E-state index contributed by atoms with van der Waals surface area (Å²) in [5.41, 5.74) is 0. The number of amides is 1. The highest BCUT2D eigenvalue weighted by Crippen LogP contribution is 2.18. The maximum Gasteiger partial charge on any atom is 0.222 e. The van der Waals surface area contributed by atoms with Crippen LogP contribution >= 0.6 is 0 Å². The molecule has 1 aliphatic rings. The molecule has 0 saturated carbocycles. The summed E-state index contributed by atoms with van der Waals surface area (Å²) in [6.45, 7) is 3.23. The molecule has 1 aromatic carbocycles. The molecule has 1 amide bonds. The zero-order valence-electron chi connectivity index (χ0n) is 15.7. The first-order chi connectivity index (χ1) is 12.4. The summed E-state index contributed by atoms with van der Waals surface area (Å²) in [6.07, 6.45) is 5.62. The van der Waals surface area contributed by atoms with Crippen LogP contribution in [0, 0.1) is 5.92 Å². The molecular weight excluding hydrogens is 352 g/mol. The third-order valence-electron chi connectivity index (χ3n) is 4.67. The molecule has 6 nitrogen and oxygen atoms in total. The number of piperidine rings is 1. The smallest absolute Gasteiger partial charge is 0.222 e. The number of rotatable bonds is 9. The molecule has 0 aliphatic carbocycles. The zero-order valence-corrected chi connectivity index (χ0v) is 16.6. The van der Waals surface area contributed by atoms with E-state index in [0.29, 0.717) is 24.7 Å². The van der Waals surface area contributed by atoms with Crippen molar-refractivity contribution in [2.24, 2.45) is 5.92 Å². The number of unbranched alkanes of at least 4 members (excludes halogenated alkanes) is 1. The third kappa shape index (κ3) is 6.61. The molecule has 1 atom stereocenters.